The van der Waals surface area contributed by atoms with Crippen molar-refractivity contribution in [1.82, 2.24) is 4.90 Å². The molecule has 1 aliphatic rings. The first-order chi connectivity index (χ1) is 11.7. The summed E-state index contributed by atoms with van der Waals surface area (Å²) in [7, 11) is 1.66. The van der Waals surface area contributed by atoms with Gasteiger partial charge in [-0.2, -0.15) is 0 Å². The summed E-state index contributed by atoms with van der Waals surface area (Å²) in [5.41, 5.74) is 0. The van der Waals surface area contributed by atoms with Crippen molar-refractivity contribution < 1.29 is 23.7 Å². The number of ether oxygens (including phenoxy) is 5. The maximum Gasteiger partial charge on any atom is 0.0704 e. The Balaban J connectivity index is 1.79. The Morgan fingerprint density at radius 1 is 0.792 bits per heavy atom. The summed E-state index contributed by atoms with van der Waals surface area (Å²) in [5, 5.41) is 0. The third kappa shape index (κ3) is 12.2. The molecule has 0 amide bonds. The lowest BCUT2D eigenvalue weighted by atomic mass is 10.1. The van der Waals surface area contributed by atoms with E-state index in [4.69, 9.17) is 23.7 Å². The molecule has 0 aliphatic carbocycles. The van der Waals surface area contributed by atoms with Gasteiger partial charge in [0.25, 0.3) is 0 Å². The van der Waals surface area contributed by atoms with Gasteiger partial charge in [0.05, 0.1) is 59.0 Å². The van der Waals surface area contributed by atoms with E-state index in [1.807, 2.05) is 0 Å². The lowest BCUT2D eigenvalue weighted by molar-refractivity contribution is -0.0363. The highest BCUT2D eigenvalue weighted by molar-refractivity contribution is 4.73. The van der Waals surface area contributed by atoms with Crippen molar-refractivity contribution >= 4 is 0 Å². The highest BCUT2D eigenvalue weighted by Gasteiger charge is 2.19. The van der Waals surface area contributed by atoms with Crippen molar-refractivity contribution in [3.8, 4) is 0 Å². The van der Waals surface area contributed by atoms with E-state index >= 15 is 0 Å². The molecular weight excluding hydrogens is 310 g/mol. The summed E-state index contributed by atoms with van der Waals surface area (Å²) < 4.78 is 27.0. The Morgan fingerprint density at radius 3 is 1.79 bits per heavy atom. The molecule has 0 aromatic rings. The zero-order valence-corrected chi connectivity index (χ0v) is 15.8. The number of rotatable bonds is 15. The predicted octanol–water partition coefficient (Wildman–Crippen LogP) is 1.82. The van der Waals surface area contributed by atoms with Crippen molar-refractivity contribution in [2.24, 2.45) is 5.92 Å². The van der Waals surface area contributed by atoms with Crippen LogP contribution in [0.4, 0.5) is 0 Å². The third-order valence-electron chi connectivity index (χ3n) is 3.91. The maximum absolute atomic E-state index is 5.89. The number of methoxy groups -OCH3 is 1. The molecule has 0 N–H and O–H groups in total. The number of piperidine rings is 1. The smallest absolute Gasteiger partial charge is 0.0704 e. The Kier molecular flexibility index (Phi) is 13.7. The second-order valence-electron chi connectivity index (χ2n) is 6.59. The van der Waals surface area contributed by atoms with Crippen LogP contribution in [0.25, 0.3) is 0 Å². The summed E-state index contributed by atoms with van der Waals surface area (Å²) in [6, 6.07) is 0. The minimum absolute atomic E-state index is 0.400. The molecule has 1 aliphatic heterocycles. The van der Waals surface area contributed by atoms with Gasteiger partial charge in [-0.05, 0) is 18.8 Å². The van der Waals surface area contributed by atoms with E-state index in [9.17, 15) is 0 Å². The van der Waals surface area contributed by atoms with Gasteiger partial charge in [0.1, 0.15) is 0 Å². The highest BCUT2D eigenvalue weighted by Crippen LogP contribution is 2.14. The van der Waals surface area contributed by atoms with E-state index in [0.29, 0.717) is 59.0 Å². The fourth-order valence-corrected chi connectivity index (χ4v) is 2.73. The third-order valence-corrected chi connectivity index (χ3v) is 3.91. The minimum atomic E-state index is 0.400. The van der Waals surface area contributed by atoms with Crippen LogP contribution in [-0.4, -0.2) is 90.6 Å². The van der Waals surface area contributed by atoms with E-state index in [-0.39, 0.29) is 0 Å². The van der Waals surface area contributed by atoms with Gasteiger partial charge >= 0.3 is 0 Å². The minimum Gasteiger partial charge on any atom is -0.382 e. The topological polar surface area (TPSA) is 49.4 Å². The van der Waals surface area contributed by atoms with Crippen molar-refractivity contribution in [3.63, 3.8) is 0 Å². The van der Waals surface area contributed by atoms with E-state index in [0.717, 1.165) is 31.8 Å². The zero-order valence-electron chi connectivity index (χ0n) is 15.8. The van der Waals surface area contributed by atoms with Gasteiger partial charge in [-0.15, -0.1) is 0 Å². The van der Waals surface area contributed by atoms with E-state index in [1.165, 1.54) is 6.54 Å². The normalized spacial score (nSPS) is 17.0. The zero-order chi connectivity index (χ0) is 17.5. The lowest BCUT2D eigenvalue weighted by Crippen LogP contribution is -2.39. The van der Waals surface area contributed by atoms with Gasteiger partial charge in [0, 0.05) is 26.7 Å². The summed E-state index contributed by atoms with van der Waals surface area (Å²) in [6.45, 7) is 13.0. The van der Waals surface area contributed by atoms with Crippen molar-refractivity contribution in [1.29, 1.82) is 0 Å². The van der Waals surface area contributed by atoms with Crippen LogP contribution < -0.4 is 0 Å². The quantitative estimate of drug-likeness (QED) is 0.421. The Hall–Kier alpha value is -0.240. The Morgan fingerprint density at radius 2 is 1.29 bits per heavy atom. The second kappa shape index (κ2) is 15.0. The second-order valence-corrected chi connectivity index (χ2v) is 6.59. The molecule has 0 aromatic heterocycles. The molecule has 24 heavy (non-hydrogen) atoms. The summed E-state index contributed by atoms with van der Waals surface area (Å²) >= 11 is 0. The van der Waals surface area contributed by atoms with Gasteiger partial charge < -0.3 is 28.6 Å². The standard InChI is InChI=1S/C18H37NO5/c1-17(2)16-19-6-4-18(5-7-19)24-15-14-23-13-12-22-11-10-21-9-8-20-3/h17-18H,4-16H2,1-3H3. The molecule has 0 saturated carbocycles. The molecule has 0 radical (unpaired) electrons. The molecule has 6 nitrogen and oxygen atoms in total. The van der Waals surface area contributed by atoms with Crippen LogP contribution >= 0.6 is 0 Å². The van der Waals surface area contributed by atoms with Crippen molar-refractivity contribution in [2.75, 3.05) is 79.6 Å². The van der Waals surface area contributed by atoms with Gasteiger partial charge in [0.2, 0.25) is 0 Å². The number of nitrogens with zero attached hydrogens (tertiary/aromatic N) is 1. The fraction of sp³-hybridized carbons (Fsp3) is 1.00. The molecule has 1 fully saturated rings. The lowest BCUT2D eigenvalue weighted by Gasteiger charge is -2.32. The number of hydrogen-bond donors (Lipinski definition) is 0. The van der Waals surface area contributed by atoms with Crippen LogP contribution in [0.15, 0.2) is 0 Å². The molecule has 0 spiro atoms. The summed E-state index contributed by atoms with van der Waals surface area (Å²) in [6.07, 6.45) is 2.68. The van der Waals surface area contributed by atoms with Crippen LogP contribution in [-0.2, 0) is 23.7 Å². The van der Waals surface area contributed by atoms with Crippen molar-refractivity contribution in [3.05, 3.63) is 0 Å². The molecule has 0 unspecified atom stereocenters. The van der Waals surface area contributed by atoms with Crippen LogP contribution in [0, 0.1) is 5.92 Å². The SMILES string of the molecule is COCCOCCOCCOCCOC1CCN(CC(C)C)CC1. The fourth-order valence-electron chi connectivity index (χ4n) is 2.73. The average molecular weight is 347 g/mol. The molecule has 1 rings (SSSR count). The van der Waals surface area contributed by atoms with Crippen LogP contribution in [0.5, 0.6) is 0 Å². The predicted molar refractivity (Wildman–Crippen MR) is 94.6 cm³/mol. The van der Waals surface area contributed by atoms with Gasteiger partial charge in [-0.1, -0.05) is 13.8 Å². The molecule has 0 bridgehead atoms. The average Bonchev–Trinajstić information content (AvgIpc) is 2.57. The van der Waals surface area contributed by atoms with Crippen LogP contribution in [0.2, 0.25) is 0 Å². The van der Waals surface area contributed by atoms with Gasteiger partial charge in [-0.25, -0.2) is 0 Å². The van der Waals surface area contributed by atoms with Crippen LogP contribution in [0.1, 0.15) is 26.7 Å². The highest BCUT2D eigenvalue weighted by atomic mass is 16.6. The first-order valence-electron chi connectivity index (χ1n) is 9.28. The largest absolute Gasteiger partial charge is 0.382 e. The molecule has 144 valence electrons. The first-order valence-corrected chi connectivity index (χ1v) is 9.28. The van der Waals surface area contributed by atoms with Gasteiger partial charge in [0.15, 0.2) is 0 Å². The summed E-state index contributed by atoms with van der Waals surface area (Å²) in [5.74, 6) is 0.745. The molecule has 6 heteroatoms. The van der Waals surface area contributed by atoms with E-state index in [2.05, 4.69) is 18.7 Å². The van der Waals surface area contributed by atoms with E-state index < -0.39 is 0 Å². The Labute approximate surface area is 147 Å². The molecule has 0 aromatic carbocycles. The molecule has 0 atom stereocenters. The van der Waals surface area contributed by atoms with Crippen molar-refractivity contribution in [2.45, 2.75) is 32.8 Å². The van der Waals surface area contributed by atoms with Crippen LogP contribution in [0.3, 0.4) is 0 Å². The molecular formula is C18H37NO5. The monoisotopic (exact) mass is 347 g/mol. The first kappa shape index (κ1) is 21.8. The Bertz CT molecular complexity index is 270. The molecule has 1 saturated heterocycles. The van der Waals surface area contributed by atoms with Gasteiger partial charge in [-0.3, -0.25) is 0 Å². The maximum atomic E-state index is 5.89. The summed E-state index contributed by atoms with van der Waals surface area (Å²) in [4.78, 5) is 2.54. The molecule has 1 heterocycles. The number of hydrogen-bond acceptors (Lipinski definition) is 6. The number of likely N-dealkylation sites (tertiary alicyclic amines) is 1. The van der Waals surface area contributed by atoms with E-state index in [1.54, 1.807) is 7.11 Å².